The van der Waals surface area contributed by atoms with E-state index in [9.17, 15) is 0 Å². The van der Waals surface area contributed by atoms with E-state index in [1.165, 1.54) is 53.7 Å². The Morgan fingerprint density at radius 1 is 0.400 bits per heavy atom. The van der Waals surface area contributed by atoms with Crippen molar-refractivity contribution in [1.82, 2.24) is 4.57 Å². The molecule has 0 aliphatic carbocycles. The molecule has 0 fully saturated rings. The lowest BCUT2D eigenvalue weighted by Gasteiger charge is -2.39. The molecule has 0 amide bonds. The van der Waals surface area contributed by atoms with E-state index in [-0.39, 0.29) is 0 Å². The smallest absolute Gasteiger partial charge is 0.188 e. The van der Waals surface area contributed by atoms with E-state index in [0.717, 1.165) is 17.2 Å². The molecular formula is C42H29NOSi. The lowest BCUT2D eigenvalue weighted by atomic mass is 10.1. The molecular weight excluding hydrogens is 563 g/mol. The fourth-order valence-electron chi connectivity index (χ4n) is 7.41. The molecule has 0 spiro atoms. The summed E-state index contributed by atoms with van der Waals surface area (Å²) in [6, 6.07) is 64.0. The van der Waals surface area contributed by atoms with E-state index in [1.807, 2.05) is 0 Å². The molecule has 0 atom stereocenters. The number of para-hydroxylation sites is 4. The average molecular weight is 592 g/mol. The molecule has 0 radical (unpaired) electrons. The normalized spacial score (nSPS) is 13.2. The van der Waals surface area contributed by atoms with Crippen LogP contribution in [0.25, 0.3) is 38.6 Å². The number of nitrogens with zero attached hydrogens (tertiary/aromatic N) is 1. The van der Waals surface area contributed by atoms with Crippen molar-refractivity contribution in [2.45, 2.75) is 0 Å². The highest BCUT2D eigenvalue weighted by Gasteiger charge is 2.47. The van der Waals surface area contributed by atoms with Gasteiger partial charge in [-0.2, -0.15) is 0 Å². The first kappa shape index (κ1) is 25.8. The zero-order valence-corrected chi connectivity index (χ0v) is 25.6. The minimum Gasteiger partial charge on any atom is -0.458 e. The van der Waals surface area contributed by atoms with Gasteiger partial charge >= 0.3 is 0 Å². The minimum atomic E-state index is -2.79. The van der Waals surface area contributed by atoms with Crippen molar-refractivity contribution in [3.8, 4) is 28.3 Å². The first-order chi connectivity index (χ1) is 22.3. The van der Waals surface area contributed by atoms with E-state index >= 15 is 0 Å². The van der Waals surface area contributed by atoms with Crippen LogP contribution in [0, 0.1) is 0 Å². The number of hydrogen-bond donors (Lipinski definition) is 0. The number of hydrogen-bond acceptors (Lipinski definition) is 1. The number of rotatable bonds is 4. The molecule has 212 valence electrons. The lowest BCUT2D eigenvalue weighted by Crippen LogP contribution is -2.76. The van der Waals surface area contributed by atoms with Gasteiger partial charge in [0.05, 0.1) is 11.0 Å². The second-order valence-electron chi connectivity index (χ2n) is 11.7. The van der Waals surface area contributed by atoms with Crippen LogP contribution in [0.1, 0.15) is 0 Å². The highest BCUT2D eigenvalue weighted by Crippen LogP contribution is 2.33. The van der Waals surface area contributed by atoms with Gasteiger partial charge in [-0.25, -0.2) is 0 Å². The molecule has 2 heterocycles. The van der Waals surface area contributed by atoms with Crippen molar-refractivity contribution >= 4 is 50.6 Å². The molecule has 1 aliphatic rings. The Bertz CT molecular complexity index is 2260. The van der Waals surface area contributed by atoms with Crippen molar-refractivity contribution in [2.24, 2.45) is 0 Å². The third-order valence-corrected chi connectivity index (χ3v) is 14.2. The van der Waals surface area contributed by atoms with Crippen molar-refractivity contribution in [2.75, 3.05) is 0 Å². The minimum absolute atomic E-state index is 0.944. The molecule has 9 rings (SSSR count). The third-order valence-electron chi connectivity index (χ3n) is 9.34. The number of ether oxygens (including phenoxy) is 1. The van der Waals surface area contributed by atoms with Crippen LogP contribution in [-0.4, -0.2) is 12.6 Å². The van der Waals surface area contributed by atoms with Crippen molar-refractivity contribution in [3.63, 3.8) is 0 Å². The predicted molar refractivity (Wildman–Crippen MR) is 190 cm³/mol. The van der Waals surface area contributed by atoms with Crippen molar-refractivity contribution in [3.05, 3.63) is 176 Å². The Labute approximate surface area is 263 Å². The fourth-order valence-corrected chi connectivity index (χ4v) is 12.4. The summed E-state index contributed by atoms with van der Waals surface area (Å²) in [4.78, 5) is 0. The zero-order chi connectivity index (χ0) is 29.8. The van der Waals surface area contributed by atoms with E-state index < -0.39 is 8.07 Å². The highest BCUT2D eigenvalue weighted by atomic mass is 28.3. The summed E-state index contributed by atoms with van der Waals surface area (Å²) < 4.78 is 8.99. The molecule has 45 heavy (non-hydrogen) atoms. The first-order valence-corrected chi connectivity index (χ1v) is 17.4. The van der Waals surface area contributed by atoms with Gasteiger partial charge < -0.3 is 9.30 Å². The van der Waals surface area contributed by atoms with Gasteiger partial charge in [-0.1, -0.05) is 140 Å². The summed E-state index contributed by atoms with van der Waals surface area (Å²) in [5, 5.41) is 7.77. The third kappa shape index (κ3) is 3.88. The second-order valence-corrected chi connectivity index (χ2v) is 15.4. The zero-order valence-electron chi connectivity index (χ0n) is 24.6. The molecule has 1 aromatic heterocycles. The number of fused-ring (bicyclic) bond motifs is 5. The topological polar surface area (TPSA) is 14.2 Å². The maximum Gasteiger partial charge on any atom is 0.188 e. The van der Waals surface area contributed by atoms with Gasteiger partial charge in [0, 0.05) is 16.5 Å². The van der Waals surface area contributed by atoms with Crippen LogP contribution in [0.3, 0.4) is 0 Å². The van der Waals surface area contributed by atoms with Crippen LogP contribution >= 0.6 is 0 Å². The lowest BCUT2D eigenvalue weighted by molar-refractivity contribution is 0.487. The Morgan fingerprint density at radius 3 is 1.58 bits per heavy atom. The van der Waals surface area contributed by atoms with Crippen LogP contribution in [-0.2, 0) is 0 Å². The Kier molecular flexibility index (Phi) is 5.87. The molecule has 0 saturated heterocycles. The monoisotopic (exact) mass is 591 g/mol. The van der Waals surface area contributed by atoms with Crippen LogP contribution in [0.2, 0.25) is 0 Å². The molecule has 0 N–H and O–H groups in total. The Balaban J connectivity index is 1.32. The summed E-state index contributed by atoms with van der Waals surface area (Å²) in [6.45, 7) is 0. The standard InChI is InChI=1S/C42H29NOSi/c1-2-13-30(14-3-1)31-15-12-16-34(29-31)45(41-23-10-8-21-39(41)44-40-22-9-11-24-42(40)45)33-27-25-32(26-28-33)43-37-19-6-4-17-35(37)36-18-5-7-20-38(36)43/h1-29H. The van der Waals surface area contributed by atoms with Crippen LogP contribution in [0.4, 0.5) is 0 Å². The largest absolute Gasteiger partial charge is 0.458 e. The van der Waals surface area contributed by atoms with Crippen molar-refractivity contribution < 1.29 is 4.74 Å². The van der Waals surface area contributed by atoms with Gasteiger partial charge in [-0.05, 0) is 68.3 Å². The molecule has 3 heteroatoms. The van der Waals surface area contributed by atoms with Gasteiger partial charge in [0.1, 0.15) is 11.5 Å². The summed E-state index contributed by atoms with van der Waals surface area (Å²) in [6.07, 6.45) is 0. The summed E-state index contributed by atoms with van der Waals surface area (Å²) in [5.74, 6) is 1.89. The van der Waals surface area contributed by atoms with Gasteiger partial charge in [-0.3, -0.25) is 0 Å². The predicted octanol–water partition coefficient (Wildman–Crippen LogP) is 7.93. The molecule has 1 aliphatic heterocycles. The van der Waals surface area contributed by atoms with E-state index in [2.05, 4.69) is 180 Å². The first-order valence-electron chi connectivity index (χ1n) is 15.4. The molecule has 0 saturated carbocycles. The average Bonchev–Trinajstić information content (AvgIpc) is 3.46. The van der Waals surface area contributed by atoms with Crippen LogP contribution < -0.4 is 25.5 Å². The molecule has 0 bridgehead atoms. The van der Waals surface area contributed by atoms with Crippen molar-refractivity contribution in [1.29, 1.82) is 0 Å². The van der Waals surface area contributed by atoms with E-state index in [4.69, 9.17) is 4.74 Å². The van der Waals surface area contributed by atoms with Gasteiger partial charge in [-0.15, -0.1) is 0 Å². The maximum absolute atomic E-state index is 6.60. The number of aromatic nitrogens is 1. The SMILES string of the molecule is c1ccc(-c2cccc([Si]3(c4ccc(-n5c6ccccc6c6ccccc65)cc4)c4ccccc4Oc4ccccc43)c2)cc1. The molecule has 7 aromatic carbocycles. The quantitative estimate of drug-likeness (QED) is 0.190. The summed E-state index contributed by atoms with van der Waals surface area (Å²) in [7, 11) is -2.79. The Hall–Kier alpha value is -5.64. The molecule has 2 nitrogen and oxygen atoms in total. The van der Waals surface area contributed by atoms with Gasteiger partial charge in [0.2, 0.25) is 0 Å². The maximum atomic E-state index is 6.60. The van der Waals surface area contributed by atoms with Gasteiger partial charge in [0.15, 0.2) is 8.07 Å². The number of benzene rings is 7. The molecule has 8 aromatic rings. The van der Waals surface area contributed by atoms with Gasteiger partial charge in [0.25, 0.3) is 0 Å². The van der Waals surface area contributed by atoms with Crippen LogP contribution in [0.15, 0.2) is 176 Å². The highest BCUT2D eigenvalue weighted by molar-refractivity contribution is 7.20. The summed E-state index contributed by atoms with van der Waals surface area (Å²) >= 11 is 0. The second kappa shape index (κ2) is 10.2. The van der Waals surface area contributed by atoms with E-state index in [0.29, 0.717) is 0 Å². The van der Waals surface area contributed by atoms with E-state index in [1.54, 1.807) is 0 Å². The molecule has 0 unspecified atom stereocenters. The van der Waals surface area contributed by atoms with Crippen LogP contribution in [0.5, 0.6) is 11.5 Å². The fraction of sp³-hybridized carbons (Fsp3) is 0. The summed E-state index contributed by atoms with van der Waals surface area (Å²) in [5.41, 5.74) is 6.04. The Morgan fingerprint density at radius 2 is 0.933 bits per heavy atom.